The Bertz CT molecular complexity index is 1590. The van der Waals surface area contributed by atoms with E-state index in [1.807, 2.05) is 0 Å². The Hall–Kier alpha value is -3.08. The molecule has 4 bridgehead atoms. The van der Waals surface area contributed by atoms with Crippen LogP contribution in [0.15, 0.2) is 95.4 Å². The lowest BCUT2D eigenvalue weighted by molar-refractivity contribution is 0.122. The van der Waals surface area contributed by atoms with Gasteiger partial charge in [-0.2, -0.15) is 0 Å². The lowest BCUT2D eigenvalue weighted by Crippen LogP contribution is -2.63. The van der Waals surface area contributed by atoms with E-state index in [1.165, 1.54) is 50.1 Å². The first-order valence-corrected chi connectivity index (χ1v) is 16.7. The third-order valence-corrected chi connectivity index (χ3v) is 13.9. The smallest absolute Gasteiger partial charge is 0.0681 e. The van der Waals surface area contributed by atoms with Crippen LogP contribution in [-0.2, 0) is 10.8 Å². The Kier molecular flexibility index (Phi) is 4.19. The zero-order valence-corrected chi connectivity index (χ0v) is 24.8. The maximum absolute atomic E-state index is 2.86. The number of allylic oxidation sites excluding steroid dienone is 2. The van der Waals surface area contributed by atoms with E-state index in [-0.39, 0.29) is 10.8 Å². The van der Waals surface area contributed by atoms with Gasteiger partial charge in [-0.05, 0) is 87.0 Å². The molecule has 0 radical (unpaired) electrons. The normalized spacial score (nSPS) is 43.5. The van der Waals surface area contributed by atoms with Crippen LogP contribution in [0.2, 0.25) is 0 Å². The lowest BCUT2D eigenvalue weighted by Gasteiger charge is -2.57. The Morgan fingerprint density at radius 1 is 0.643 bits per heavy atom. The van der Waals surface area contributed by atoms with Gasteiger partial charge in [0.15, 0.2) is 0 Å². The topological polar surface area (TPSA) is 13.0 Å². The summed E-state index contributed by atoms with van der Waals surface area (Å²) in [5.41, 5.74) is 13.3. The summed E-state index contributed by atoms with van der Waals surface area (Å²) in [6.45, 7) is 9.33. The van der Waals surface area contributed by atoms with Crippen molar-refractivity contribution in [3.05, 3.63) is 107 Å². The molecule has 8 atom stereocenters. The van der Waals surface area contributed by atoms with E-state index in [1.54, 1.807) is 33.4 Å². The summed E-state index contributed by atoms with van der Waals surface area (Å²) in [5.74, 6) is 1.08. The van der Waals surface area contributed by atoms with E-state index >= 15 is 0 Å². The van der Waals surface area contributed by atoms with Gasteiger partial charge in [-0.1, -0.05) is 59.7 Å². The van der Waals surface area contributed by atoms with E-state index in [9.17, 15) is 0 Å². The van der Waals surface area contributed by atoms with Gasteiger partial charge in [0.1, 0.15) is 0 Å². The minimum atomic E-state index is 0.177. The molecule has 4 heteroatoms. The number of para-hydroxylation sites is 2. The van der Waals surface area contributed by atoms with Gasteiger partial charge in [0, 0.05) is 71.6 Å². The van der Waals surface area contributed by atoms with E-state index in [2.05, 4.69) is 107 Å². The van der Waals surface area contributed by atoms with E-state index in [0.29, 0.717) is 36.0 Å². The van der Waals surface area contributed by atoms with Crippen LogP contribution in [0.4, 0.5) is 11.4 Å². The van der Waals surface area contributed by atoms with Gasteiger partial charge >= 0.3 is 0 Å². The second-order valence-corrected chi connectivity index (χ2v) is 14.8. The maximum atomic E-state index is 2.86. The zero-order valence-electron chi connectivity index (χ0n) is 24.8. The van der Waals surface area contributed by atoms with Crippen molar-refractivity contribution < 1.29 is 0 Å². The molecule has 0 unspecified atom stereocenters. The first-order chi connectivity index (χ1) is 20.7. The molecule has 212 valence electrons. The molecule has 7 aliphatic heterocycles. The minimum absolute atomic E-state index is 0.177. The van der Waals surface area contributed by atoms with Crippen LogP contribution in [-0.4, -0.2) is 60.1 Å². The third-order valence-electron chi connectivity index (χ3n) is 13.9. The van der Waals surface area contributed by atoms with Crippen LogP contribution < -0.4 is 9.80 Å². The van der Waals surface area contributed by atoms with Crippen molar-refractivity contribution in [1.82, 2.24) is 9.80 Å². The van der Waals surface area contributed by atoms with Crippen molar-refractivity contribution in [3.63, 3.8) is 0 Å². The summed E-state index contributed by atoms with van der Waals surface area (Å²) in [4.78, 5) is 11.4. The first kappa shape index (κ1) is 23.4. The van der Waals surface area contributed by atoms with E-state index in [4.69, 9.17) is 0 Å². The van der Waals surface area contributed by atoms with Crippen molar-refractivity contribution in [2.45, 2.75) is 74.5 Å². The fraction of sp³-hybridized carbons (Fsp3) is 0.474. The number of piperidine rings is 2. The average molecular weight is 553 g/mol. The quantitative estimate of drug-likeness (QED) is 0.365. The number of nitrogens with zero attached hydrogens (tertiary/aromatic N) is 4. The molecule has 7 heterocycles. The predicted molar refractivity (Wildman–Crippen MR) is 169 cm³/mol. The van der Waals surface area contributed by atoms with E-state index < -0.39 is 0 Å². The molecular formula is C38H40N4. The van der Waals surface area contributed by atoms with E-state index in [0.717, 1.165) is 13.1 Å². The number of hydrogen-bond donors (Lipinski definition) is 0. The van der Waals surface area contributed by atoms with Crippen LogP contribution in [0, 0.1) is 11.8 Å². The van der Waals surface area contributed by atoms with Gasteiger partial charge in [0.05, 0.1) is 12.1 Å². The molecule has 0 N–H and O–H groups in total. The molecule has 2 saturated carbocycles. The molecule has 42 heavy (non-hydrogen) atoms. The predicted octanol–water partition coefficient (Wildman–Crippen LogP) is 6.13. The van der Waals surface area contributed by atoms with Gasteiger partial charge in [-0.25, -0.2) is 0 Å². The van der Waals surface area contributed by atoms with Crippen molar-refractivity contribution in [2.75, 3.05) is 36.0 Å². The highest BCUT2D eigenvalue weighted by atomic mass is 15.3. The monoisotopic (exact) mass is 552 g/mol. The standard InChI is InChI=1S/C38H40N4/c1-3-23-19-39-15-13-37-29-9-5-8-12-32(29)42-22-28-26-18-34-38(14-16-40(34)20-24(26)4-2)30-10-6-7-11-31(30)41(36(28)38)21-27(35(37)42)25(23)17-33(37)39/h3-12,21-22,25-26,33-36H,13-20H2,1-2H3/b23-3-,24-4-,27-21?,28-22?/t25-,26-,33-,34-,35-,36-,37+,38+/m0/s1. The zero-order chi connectivity index (χ0) is 27.5. The molecule has 0 amide bonds. The number of anilines is 2. The van der Waals surface area contributed by atoms with Gasteiger partial charge < -0.3 is 9.80 Å². The Balaban J connectivity index is 1.25. The van der Waals surface area contributed by atoms with Crippen LogP contribution in [0.5, 0.6) is 0 Å². The summed E-state index contributed by atoms with van der Waals surface area (Å²) in [6.07, 6.45) is 15.5. The van der Waals surface area contributed by atoms with Gasteiger partial charge in [0.25, 0.3) is 0 Å². The Morgan fingerprint density at radius 2 is 1.10 bits per heavy atom. The second kappa shape index (κ2) is 7.52. The molecule has 6 fully saturated rings. The lowest BCUT2D eigenvalue weighted by atomic mass is 9.56. The van der Waals surface area contributed by atoms with Crippen molar-refractivity contribution in [3.8, 4) is 0 Å². The molecule has 2 spiro atoms. The molecule has 4 nitrogen and oxygen atoms in total. The third kappa shape index (κ3) is 2.33. The van der Waals surface area contributed by atoms with Crippen molar-refractivity contribution >= 4 is 11.4 Å². The summed E-state index contributed by atoms with van der Waals surface area (Å²) in [6, 6.07) is 21.2. The SMILES string of the molecule is C/C=C1/CN2CC[C@@]34c5ccccc5N5C=C6[C@H]7C[C@@H]8N(CC[C@@]89c8ccccc8N(C=C([C@H]1C[C@H]23)[C@H]54)[C@@H]69)C/C7=C/C. The Labute approximate surface area is 249 Å². The van der Waals surface area contributed by atoms with Gasteiger partial charge in [-0.3, -0.25) is 9.80 Å². The Morgan fingerprint density at radius 3 is 1.55 bits per heavy atom. The number of rotatable bonds is 0. The molecule has 11 rings (SSSR count). The van der Waals surface area contributed by atoms with Crippen LogP contribution in [0.1, 0.15) is 50.7 Å². The summed E-state index contributed by atoms with van der Waals surface area (Å²) in [7, 11) is 0. The molecule has 2 aromatic rings. The summed E-state index contributed by atoms with van der Waals surface area (Å²) >= 11 is 0. The highest BCUT2D eigenvalue weighted by Crippen LogP contribution is 2.67. The first-order valence-electron chi connectivity index (χ1n) is 16.7. The second-order valence-electron chi connectivity index (χ2n) is 14.8. The van der Waals surface area contributed by atoms with Crippen LogP contribution >= 0.6 is 0 Å². The largest absolute Gasteiger partial charge is 0.339 e. The summed E-state index contributed by atoms with van der Waals surface area (Å²) in [5, 5.41) is 0. The highest BCUT2D eigenvalue weighted by molar-refractivity contribution is 5.77. The van der Waals surface area contributed by atoms with Crippen LogP contribution in [0.25, 0.3) is 0 Å². The number of benzene rings is 2. The number of hydrogen-bond acceptors (Lipinski definition) is 4. The van der Waals surface area contributed by atoms with Gasteiger partial charge in [0.2, 0.25) is 0 Å². The summed E-state index contributed by atoms with van der Waals surface area (Å²) < 4.78 is 0. The van der Waals surface area contributed by atoms with Gasteiger partial charge in [-0.15, -0.1) is 0 Å². The highest BCUT2D eigenvalue weighted by Gasteiger charge is 2.69. The fourth-order valence-electron chi connectivity index (χ4n) is 12.5. The minimum Gasteiger partial charge on any atom is -0.339 e. The maximum Gasteiger partial charge on any atom is 0.0681 e. The van der Waals surface area contributed by atoms with Crippen molar-refractivity contribution in [2.24, 2.45) is 11.8 Å². The fourth-order valence-corrected chi connectivity index (χ4v) is 12.5. The molecule has 2 aliphatic carbocycles. The number of fused-ring (bicyclic) bond motifs is 8. The molecular weight excluding hydrogens is 512 g/mol. The average Bonchev–Trinajstić information content (AvgIpc) is 3.75. The molecule has 2 aromatic carbocycles. The molecule has 4 saturated heterocycles. The molecule has 9 aliphatic rings. The molecule has 0 aromatic heterocycles. The van der Waals surface area contributed by atoms with Crippen molar-refractivity contribution in [1.29, 1.82) is 0 Å². The van der Waals surface area contributed by atoms with Crippen LogP contribution in [0.3, 0.4) is 0 Å².